The van der Waals surface area contributed by atoms with Crippen LogP contribution < -0.4 is 4.74 Å². The van der Waals surface area contributed by atoms with Gasteiger partial charge in [0.1, 0.15) is 5.75 Å². The van der Waals surface area contributed by atoms with E-state index < -0.39 is 24.2 Å². The van der Waals surface area contributed by atoms with Gasteiger partial charge in [-0.15, -0.1) is 0 Å². The number of aliphatic carboxylic acids is 1. The van der Waals surface area contributed by atoms with Crippen molar-refractivity contribution in [1.29, 1.82) is 0 Å². The van der Waals surface area contributed by atoms with Crippen molar-refractivity contribution in [3.63, 3.8) is 0 Å². The first-order chi connectivity index (χ1) is 8.76. The Kier molecular flexibility index (Phi) is 5.11. The van der Waals surface area contributed by atoms with Crippen molar-refractivity contribution in [2.75, 3.05) is 7.11 Å². The second-order valence-corrected chi connectivity index (χ2v) is 4.87. The molecule has 19 heavy (non-hydrogen) atoms. The van der Waals surface area contributed by atoms with E-state index in [0.29, 0.717) is 5.75 Å². The Bertz CT molecular complexity index is 463. The summed E-state index contributed by atoms with van der Waals surface area (Å²) in [5, 5.41) is 8.68. The van der Waals surface area contributed by atoms with E-state index in [-0.39, 0.29) is 17.0 Å². The van der Waals surface area contributed by atoms with Crippen molar-refractivity contribution in [2.45, 2.75) is 25.7 Å². The summed E-state index contributed by atoms with van der Waals surface area (Å²) in [5.74, 6) is -4.52. The Morgan fingerprint density at radius 3 is 2.63 bits per heavy atom. The molecule has 0 fully saturated rings. The van der Waals surface area contributed by atoms with E-state index in [2.05, 4.69) is 0 Å². The van der Waals surface area contributed by atoms with E-state index in [0.717, 1.165) is 6.07 Å². The minimum Gasteiger partial charge on any atom is -0.495 e. The minimum atomic E-state index is -3.12. The first-order valence-corrected chi connectivity index (χ1v) is 6.07. The SMILES string of the molecule is COc1ccc(C(F)(F)CC(C)CC(=O)O)cc1Cl. The van der Waals surface area contributed by atoms with E-state index >= 15 is 0 Å². The predicted octanol–water partition coefficient (Wildman–Crippen LogP) is 3.94. The number of rotatable bonds is 6. The van der Waals surface area contributed by atoms with Crippen LogP contribution >= 0.6 is 11.6 Å². The van der Waals surface area contributed by atoms with E-state index in [1.54, 1.807) is 0 Å². The molecule has 0 spiro atoms. The number of ether oxygens (including phenoxy) is 1. The summed E-state index contributed by atoms with van der Waals surface area (Å²) >= 11 is 5.80. The van der Waals surface area contributed by atoms with Crippen LogP contribution in [-0.2, 0) is 10.7 Å². The normalized spacial score (nSPS) is 13.1. The lowest BCUT2D eigenvalue weighted by Gasteiger charge is -2.20. The summed E-state index contributed by atoms with van der Waals surface area (Å²) in [5.41, 5.74) is -0.240. The van der Waals surface area contributed by atoms with Gasteiger partial charge in [-0.25, -0.2) is 8.78 Å². The third-order valence-electron chi connectivity index (χ3n) is 2.70. The minimum absolute atomic E-state index is 0.102. The number of carbonyl (C=O) groups is 1. The highest BCUT2D eigenvalue weighted by atomic mass is 35.5. The summed E-state index contributed by atoms with van der Waals surface area (Å²) in [6.45, 7) is 1.48. The molecule has 106 valence electrons. The Balaban J connectivity index is 2.87. The molecule has 0 bridgehead atoms. The maximum atomic E-state index is 14.0. The summed E-state index contributed by atoms with van der Waals surface area (Å²) in [6.07, 6.45) is -0.832. The van der Waals surface area contributed by atoms with Crippen molar-refractivity contribution in [1.82, 2.24) is 0 Å². The monoisotopic (exact) mass is 292 g/mol. The fourth-order valence-electron chi connectivity index (χ4n) is 1.82. The van der Waals surface area contributed by atoms with Gasteiger partial charge in [-0.3, -0.25) is 4.79 Å². The van der Waals surface area contributed by atoms with E-state index in [9.17, 15) is 13.6 Å². The van der Waals surface area contributed by atoms with Gasteiger partial charge in [-0.05, 0) is 24.1 Å². The fourth-order valence-corrected chi connectivity index (χ4v) is 2.08. The zero-order valence-corrected chi connectivity index (χ0v) is 11.4. The molecule has 1 aromatic carbocycles. The van der Waals surface area contributed by atoms with Crippen molar-refractivity contribution in [2.24, 2.45) is 5.92 Å². The van der Waals surface area contributed by atoms with Crippen molar-refractivity contribution < 1.29 is 23.4 Å². The van der Waals surface area contributed by atoms with Crippen LogP contribution in [0.5, 0.6) is 5.75 Å². The van der Waals surface area contributed by atoms with Gasteiger partial charge < -0.3 is 9.84 Å². The number of carboxylic acid groups (broad SMARTS) is 1. The fraction of sp³-hybridized carbons (Fsp3) is 0.462. The highest BCUT2D eigenvalue weighted by Crippen LogP contribution is 2.38. The highest BCUT2D eigenvalue weighted by Gasteiger charge is 2.34. The molecule has 1 rings (SSSR count). The van der Waals surface area contributed by atoms with Crippen molar-refractivity contribution >= 4 is 17.6 Å². The van der Waals surface area contributed by atoms with E-state index in [4.69, 9.17) is 21.4 Å². The lowest BCUT2D eigenvalue weighted by atomic mass is 9.95. The lowest BCUT2D eigenvalue weighted by Crippen LogP contribution is -2.19. The number of benzene rings is 1. The van der Waals surface area contributed by atoms with Gasteiger partial charge in [0.25, 0.3) is 5.92 Å². The molecule has 6 heteroatoms. The molecule has 0 aliphatic rings. The van der Waals surface area contributed by atoms with Crippen LogP contribution in [0, 0.1) is 5.92 Å². The zero-order chi connectivity index (χ0) is 14.6. The molecular formula is C13H15ClF2O3. The topological polar surface area (TPSA) is 46.5 Å². The van der Waals surface area contributed by atoms with Crippen LogP contribution in [0.15, 0.2) is 18.2 Å². The lowest BCUT2D eigenvalue weighted by molar-refractivity contribution is -0.138. The Labute approximate surface area is 115 Å². The third kappa shape index (κ3) is 4.35. The van der Waals surface area contributed by atoms with Crippen molar-refractivity contribution in [3.8, 4) is 5.75 Å². The smallest absolute Gasteiger partial charge is 0.303 e. The number of hydrogen-bond donors (Lipinski definition) is 1. The van der Waals surface area contributed by atoms with Gasteiger partial charge in [-0.2, -0.15) is 0 Å². The molecular weight excluding hydrogens is 278 g/mol. The zero-order valence-electron chi connectivity index (χ0n) is 10.6. The molecule has 1 unspecified atom stereocenters. The molecule has 0 radical (unpaired) electrons. The van der Waals surface area contributed by atoms with Crippen LogP contribution in [0.3, 0.4) is 0 Å². The van der Waals surface area contributed by atoms with Crippen LogP contribution in [0.1, 0.15) is 25.3 Å². The van der Waals surface area contributed by atoms with E-state index in [1.807, 2.05) is 0 Å². The number of halogens is 3. The van der Waals surface area contributed by atoms with Gasteiger partial charge in [0, 0.05) is 18.4 Å². The van der Waals surface area contributed by atoms with Crippen molar-refractivity contribution in [3.05, 3.63) is 28.8 Å². The second kappa shape index (κ2) is 6.19. The average molecular weight is 293 g/mol. The summed E-state index contributed by atoms with van der Waals surface area (Å²) in [4.78, 5) is 10.5. The van der Waals surface area contributed by atoms with Gasteiger partial charge >= 0.3 is 5.97 Å². The molecule has 0 saturated heterocycles. The molecule has 1 atom stereocenters. The van der Waals surface area contributed by atoms with Crippen LogP contribution in [0.25, 0.3) is 0 Å². The molecule has 1 N–H and O–H groups in total. The predicted molar refractivity (Wildman–Crippen MR) is 67.9 cm³/mol. The Morgan fingerprint density at radius 1 is 1.53 bits per heavy atom. The Hall–Kier alpha value is -1.36. The number of hydrogen-bond acceptors (Lipinski definition) is 2. The highest BCUT2D eigenvalue weighted by molar-refractivity contribution is 6.32. The maximum Gasteiger partial charge on any atom is 0.303 e. The second-order valence-electron chi connectivity index (χ2n) is 4.46. The molecule has 0 aromatic heterocycles. The molecule has 3 nitrogen and oxygen atoms in total. The average Bonchev–Trinajstić information content (AvgIpc) is 2.26. The van der Waals surface area contributed by atoms with Crippen LogP contribution in [-0.4, -0.2) is 18.2 Å². The first-order valence-electron chi connectivity index (χ1n) is 5.70. The standard InChI is InChI=1S/C13H15ClF2O3/c1-8(5-12(17)18)7-13(15,16)9-3-4-11(19-2)10(14)6-9/h3-4,6,8H,5,7H2,1-2H3,(H,17,18). The number of alkyl halides is 2. The maximum absolute atomic E-state index is 14.0. The van der Waals surface area contributed by atoms with Crippen LogP contribution in [0.4, 0.5) is 8.78 Å². The quantitative estimate of drug-likeness (QED) is 0.864. The third-order valence-corrected chi connectivity index (χ3v) is 3.00. The molecule has 0 aliphatic carbocycles. The van der Waals surface area contributed by atoms with Crippen LogP contribution in [0.2, 0.25) is 5.02 Å². The first kappa shape index (κ1) is 15.7. The van der Waals surface area contributed by atoms with Gasteiger partial charge in [0.05, 0.1) is 12.1 Å². The summed E-state index contributed by atoms with van der Waals surface area (Å²) < 4.78 is 32.9. The Morgan fingerprint density at radius 2 is 2.16 bits per heavy atom. The van der Waals surface area contributed by atoms with Gasteiger partial charge in [0.2, 0.25) is 0 Å². The van der Waals surface area contributed by atoms with Gasteiger partial charge in [-0.1, -0.05) is 18.5 Å². The number of methoxy groups -OCH3 is 1. The van der Waals surface area contributed by atoms with Gasteiger partial charge in [0.15, 0.2) is 0 Å². The molecule has 1 aromatic rings. The largest absolute Gasteiger partial charge is 0.495 e. The molecule has 0 saturated carbocycles. The molecule has 0 aliphatic heterocycles. The molecule has 0 heterocycles. The molecule has 0 amide bonds. The summed E-state index contributed by atoms with van der Waals surface area (Å²) in [7, 11) is 1.40. The summed E-state index contributed by atoms with van der Waals surface area (Å²) in [6, 6.07) is 3.75. The number of carboxylic acids is 1. The van der Waals surface area contributed by atoms with E-state index in [1.165, 1.54) is 26.2 Å².